The van der Waals surface area contributed by atoms with Crippen LogP contribution in [0.25, 0.3) is 0 Å². The molecule has 0 fully saturated rings. The highest BCUT2D eigenvalue weighted by molar-refractivity contribution is 5.33. The number of methoxy groups -OCH3 is 1. The molecule has 1 aromatic carbocycles. The van der Waals surface area contributed by atoms with Gasteiger partial charge in [0, 0.05) is 19.9 Å². The van der Waals surface area contributed by atoms with E-state index in [-0.39, 0.29) is 0 Å². The van der Waals surface area contributed by atoms with Crippen LogP contribution in [0.4, 0.5) is 5.95 Å². The molecule has 0 radical (unpaired) electrons. The van der Waals surface area contributed by atoms with E-state index in [1.54, 1.807) is 7.11 Å². The molecule has 2 aromatic rings. The average Bonchev–Trinajstić information content (AvgIpc) is 2.82. The van der Waals surface area contributed by atoms with E-state index in [9.17, 15) is 0 Å². The summed E-state index contributed by atoms with van der Waals surface area (Å²) in [6.45, 7) is 5.66. The van der Waals surface area contributed by atoms with Crippen LogP contribution in [0.1, 0.15) is 30.6 Å². The minimum absolute atomic E-state index is 0.308. The van der Waals surface area contributed by atoms with Crippen molar-refractivity contribution in [2.45, 2.75) is 26.3 Å². The van der Waals surface area contributed by atoms with Crippen LogP contribution in [0.2, 0.25) is 0 Å². The van der Waals surface area contributed by atoms with E-state index in [1.165, 1.54) is 5.56 Å². The van der Waals surface area contributed by atoms with Crippen molar-refractivity contribution >= 4 is 5.95 Å². The zero-order valence-corrected chi connectivity index (χ0v) is 12.5. The van der Waals surface area contributed by atoms with E-state index in [2.05, 4.69) is 52.3 Å². The third-order valence-corrected chi connectivity index (χ3v) is 3.35. The molecule has 0 amide bonds. The van der Waals surface area contributed by atoms with E-state index in [1.807, 2.05) is 13.0 Å². The summed E-state index contributed by atoms with van der Waals surface area (Å²) in [4.78, 5) is 4.57. The van der Waals surface area contributed by atoms with Crippen molar-refractivity contribution < 1.29 is 4.74 Å². The quantitative estimate of drug-likeness (QED) is 0.787. The Balaban J connectivity index is 2.25. The first kappa shape index (κ1) is 14.6. The van der Waals surface area contributed by atoms with Crippen LogP contribution < -0.4 is 5.32 Å². The lowest BCUT2D eigenvalue weighted by molar-refractivity contribution is 0.210. The Hall–Kier alpha value is -1.81. The molecule has 0 aliphatic rings. The van der Waals surface area contributed by atoms with Gasteiger partial charge in [0.05, 0.1) is 18.3 Å². The maximum Gasteiger partial charge on any atom is 0.203 e. The zero-order chi connectivity index (χ0) is 14.4. The lowest BCUT2D eigenvalue weighted by Gasteiger charge is -2.20. The maximum atomic E-state index is 5.08. The molecule has 1 N–H and O–H groups in total. The Bertz CT molecular complexity index is 522. The minimum Gasteiger partial charge on any atom is -0.383 e. The summed E-state index contributed by atoms with van der Waals surface area (Å²) < 4.78 is 7.30. The standard InChI is InChI=1S/C16H23N3O/c1-4-15(14-8-6-5-7-9-14)19-12-13(2)18-16(19)17-10-11-20-3/h5-9,12,15H,4,10-11H2,1-3H3,(H,17,18). The Labute approximate surface area is 120 Å². The van der Waals surface area contributed by atoms with Gasteiger partial charge in [0.2, 0.25) is 5.95 Å². The fraction of sp³-hybridized carbons (Fsp3) is 0.438. The summed E-state index contributed by atoms with van der Waals surface area (Å²) >= 11 is 0. The number of rotatable bonds is 7. The first-order valence-electron chi connectivity index (χ1n) is 7.09. The fourth-order valence-electron chi connectivity index (χ4n) is 2.42. The van der Waals surface area contributed by atoms with Crippen LogP contribution in [-0.2, 0) is 4.74 Å². The predicted octanol–water partition coefficient (Wildman–Crippen LogP) is 3.25. The number of hydrogen-bond acceptors (Lipinski definition) is 3. The summed E-state index contributed by atoms with van der Waals surface area (Å²) in [5.74, 6) is 0.912. The summed E-state index contributed by atoms with van der Waals surface area (Å²) in [5, 5.41) is 3.35. The molecule has 1 aromatic heterocycles. The van der Waals surface area contributed by atoms with Crippen LogP contribution >= 0.6 is 0 Å². The van der Waals surface area contributed by atoms with E-state index in [0.717, 1.165) is 24.6 Å². The average molecular weight is 273 g/mol. The maximum absolute atomic E-state index is 5.08. The van der Waals surface area contributed by atoms with Gasteiger partial charge in [-0.05, 0) is 18.9 Å². The van der Waals surface area contributed by atoms with Gasteiger partial charge in [0.15, 0.2) is 0 Å². The highest BCUT2D eigenvalue weighted by Crippen LogP contribution is 2.25. The molecule has 4 heteroatoms. The topological polar surface area (TPSA) is 39.1 Å². The first-order chi connectivity index (χ1) is 9.76. The third kappa shape index (κ3) is 3.39. The van der Waals surface area contributed by atoms with Crippen molar-refractivity contribution in [3.63, 3.8) is 0 Å². The van der Waals surface area contributed by atoms with Gasteiger partial charge in [-0.15, -0.1) is 0 Å². The smallest absolute Gasteiger partial charge is 0.203 e. The lowest BCUT2D eigenvalue weighted by atomic mass is 10.0. The zero-order valence-electron chi connectivity index (χ0n) is 12.5. The molecule has 0 aliphatic carbocycles. The normalized spacial score (nSPS) is 12.3. The number of aryl methyl sites for hydroxylation is 1. The summed E-state index contributed by atoms with van der Waals surface area (Å²) in [6.07, 6.45) is 3.13. The van der Waals surface area contributed by atoms with Crippen LogP contribution in [0, 0.1) is 6.92 Å². The van der Waals surface area contributed by atoms with E-state index in [4.69, 9.17) is 4.74 Å². The van der Waals surface area contributed by atoms with E-state index in [0.29, 0.717) is 12.6 Å². The van der Waals surface area contributed by atoms with Gasteiger partial charge >= 0.3 is 0 Å². The Morgan fingerprint density at radius 1 is 1.30 bits per heavy atom. The first-order valence-corrected chi connectivity index (χ1v) is 7.09. The van der Waals surface area contributed by atoms with E-state index >= 15 is 0 Å². The molecule has 0 aliphatic heterocycles. The fourth-order valence-corrected chi connectivity index (χ4v) is 2.42. The molecule has 1 unspecified atom stereocenters. The number of imidazole rings is 1. The second-order valence-corrected chi connectivity index (χ2v) is 4.87. The summed E-state index contributed by atoms with van der Waals surface area (Å²) in [7, 11) is 1.71. The number of nitrogens with one attached hydrogen (secondary N) is 1. The monoisotopic (exact) mass is 273 g/mol. The van der Waals surface area contributed by atoms with Gasteiger partial charge in [-0.25, -0.2) is 4.98 Å². The largest absolute Gasteiger partial charge is 0.383 e. The second kappa shape index (κ2) is 7.10. The molecule has 20 heavy (non-hydrogen) atoms. The number of ether oxygens (including phenoxy) is 1. The van der Waals surface area contributed by atoms with Gasteiger partial charge in [-0.1, -0.05) is 37.3 Å². The van der Waals surface area contributed by atoms with Gasteiger partial charge in [0.25, 0.3) is 0 Å². The number of hydrogen-bond donors (Lipinski definition) is 1. The minimum atomic E-state index is 0.308. The molecule has 108 valence electrons. The van der Waals surface area contributed by atoms with Crippen molar-refractivity contribution in [1.82, 2.24) is 9.55 Å². The van der Waals surface area contributed by atoms with Crippen LogP contribution in [0.15, 0.2) is 36.5 Å². The van der Waals surface area contributed by atoms with Crippen molar-refractivity contribution in [2.75, 3.05) is 25.6 Å². The molecular formula is C16H23N3O. The summed E-state index contributed by atoms with van der Waals surface area (Å²) in [5.41, 5.74) is 2.33. The molecular weight excluding hydrogens is 250 g/mol. The Morgan fingerprint density at radius 2 is 2.05 bits per heavy atom. The molecule has 0 bridgehead atoms. The number of nitrogens with zero attached hydrogens (tertiary/aromatic N) is 2. The summed E-state index contributed by atoms with van der Waals surface area (Å²) in [6, 6.07) is 10.9. The van der Waals surface area contributed by atoms with Gasteiger partial charge in [0.1, 0.15) is 0 Å². The van der Waals surface area contributed by atoms with E-state index < -0.39 is 0 Å². The highest BCUT2D eigenvalue weighted by Gasteiger charge is 2.15. The molecule has 1 heterocycles. The Morgan fingerprint density at radius 3 is 2.70 bits per heavy atom. The van der Waals surface area contributed by atoms with Crippen LogP contribution in [0.3, 0.4) is 0 Å². The van der Waals surface area contributed by atoms with Crippen molar-refractivity contribution in [3.05, 3.63) is 47.8 Å². The molecule has 0 saturated heterocycles. The number of benzene rings is 1. The molecule has 0 saturated carbocycles. The van der Waals surface area contributed by atoms with Gasteiger partial charge in [-0.3, -0.25) is 0 Å². The van der Waals surface area contributed by atoms with Crippen molar-refractivity contribution in [3.8, 4) is 0 Å². The molecule has 2 rings (SSSR count). The molecule has 4 nitrogen and oxygen atoms in total. The van der Waals surface area contributed by atoms with Crippen molar-refractivity contribution in [2.24, 2.45) is 0 Å². The lowest BCUT2D eigenvalue weighted by Crippen LogP contribution is -2.16. The number of anilines is 1. The van der Waals surface area contributed by atoms with Crippen LogP contribution in [0.5, 0.6) is 0 Å². The predicted molar refractivity (Wildman–Crippen MR) is 82.2 cm³/mol. The van der Waals surface area contributed by atoms with Crippen LogP contribution in [-0.4, -0.2) is 29.8 Å². The SMILES string of the molecule is CCC(c1ccccc1)n1cc(C)nc1NCCOC. The third-order valence-electron chi connectivity index (χ3n) is 3.35. The molecule has 0 spiro atoms. The van der Waals surface area contributed by atoms with Gasteiger partial charge < -0.3 is 14.6 Å². The van der Waals surface area contributed by atoms with Crippen molar-refractivity contribution in [1.29, 1.82) is 0 Å². The van der Waals surface area contributed by atoms with Gasteiger partial charge in [-0.2, -0.15) is 0 Å². The number of aromatic nitrogens is 2. The molecule has 1 atom stereocenters. The second-order valence-electron chi connectivity index (χ2n) is 4.87. The highest BCUT2D eigenvalue weighted by atomic mass is 16.5. The Kier molecular flexibility index (Phi) is 5.18.